The van der Waals surface area contributed by atoms with E-state index in [-0.39, 0.29) is 46.8 Å². The van der Waals surface area contributed by atoms with Crippen LogP contribution in [0.3, 0.4) is 0 Å². The topological polar surface area (TPSA) is 247 Å². The summed E-state index contributed by atoms with van der Waals surface area (Å²) in [5, 5.41) is 9.41. The molecule has 0 amide bonds. The SMILES string of the molecule is Nc1nc2c(ncn2[C@@H]2O[C@H](CCO)[C@@H](F)[C@H]2OP(=O)(S)OC[C@H]2O[C@@H](n3cc(F)c4c(N)ncnc43)C[C@@H]2O[PH](=O)S)c(=O)[nH]1. The zero-order chi connectivity index (χ0) is 32.9. The Morgan fingerprint density at radius 3 is 2.74 bits per heavy atom. The molecule has 6 rings (SSSR count). The van der Waals surface area contributed by atoms with Gasteiger partial charge in [0.2, 0.25) is 13.2 Å². The molecule has 2 aliphatic heterocycles. The molecule has 2 fully saturated rings. The number of ether oxygens (including phenoxy) is 2. The van der Waals surface area contributed by atoms with Crippen LogP contribution in [0.4, 0.5) is 20.5 Å². The van der Waals surface area contributed by atoms with Crippen molar-refractivity contribution in [1.82, 2.24) is 34.1 Å². The predicted molar refractivity (Wildman–Crippen MR) is 164 cm³/mol. The van der Waals surface area contributed by atoms with Crippen molar-refractivity contribution in [2.45, 2.75) is 55.9 Å². The van der Waals surface area contributed by atoms with Crippen molar-refractivity contribution in [3.05, 3.63) is 35.0 Å². The van der Waals surface area contributed by atoms with Crippen LogP contribution < -0.4 is 17.0 Å². The average molecular weight is 726 g/mol. The van der Waals surface area contributed by atoms with Crippen LogP contribution in [-0.4, -0.2) is 83.0 Å². The van der Waals surface area contributed by atoms with Crippen LogP contribution in [0.2, 0.25) is 0 Å². The molecule has 2 aliphatic rings. The maximum absolute atomic E-state index is 15.7. The highest BCUT2D eigenvalue weighted by Gasteiger charge is 2.50. The molecular weight excluding hydrogens is 698 g/mol. The van der Waals surface area contributed by atoms with Gasteiger partial charge in [-0.15, -0.1) is 0 Å². The number of fused-ring (bicyclic) bond motifs is 2. The Morgan fingerprint density at radius 2 is 2.00 bits per heavy atom. The highest BCUT2D eigenvalue weighted by Crippen LogP contribution is 2.57. The number of hydrogen-bond acceptors (Lipinski definition) is 15. The smallest absolute Gasteiger partial charge is 0.386 e. The molecule has 250 valence electrons. The quantitative estimate of drug-likeness (QED) is 0.0955. The first kappa shape index (κ1) is 33.3. The predicted octanol–water partition coefficient (Wildman–Crippen LogP) is 1.92. The van der Waals surface area contributed by atoms with Crippen molar-refractivity contribution >= 4 is 72.5 Å². The number of imidazole rings is 1. The molecule has 0 saturated carbocycles. The molecule has 18 nitrogen and oxygen atoms in total. The molecule has 6 heterocycles. The van der Waals surface area contributed by atoms with E-state index in [1.807, 2.05) is 0 Å². The number of hydrogen-bond donors (Lipinski definition) is 6. The monoisotopic (exact) mass is 725 g/mol. The van der Waals surface area contributed by atoms with E-state index in [4.69, 9.17) is 34.5 Å². The van der Waals surface area contributed by atoms with Gasteiger partial charge in [-0.05, 0) is 6.42 Å². The molecule has 0 aliphatic carbocycles. The normalized spacial score (nSPS) is 28.7. The number of nitrogens with two attached hydrogens (primary N) is 2. The van der Waals surface area contributed by atoms with Crippen LogP contribution in [0.5, 0.6) is 0 Å². The number of aliphatic hydroxyl groups excluding tert-OH is 1. The lowest BCUT2D eigenvalue weighted by molar-refractivity contribution is -0.0453. The van der Waals surface area contributed by atoms with E-state index < -0.39 is 81.7 Å². The summed E-state index contributed by atoms with van der Waals surface area (Å²) < 4.78 is 86.5. The lowest BCUT2D eigenvalue weighted by Crippen LogP contribution is -2.31. The Labute approximate surface area is 267 Å². The lowest BCUT2D eigenvalue weighted by atomic mass is 10.1. The summed E-state index contributed by atoms with van der Waals surface area (Å²) in [6, 6.07) is 0. The van der Waals surface area contributed by atoms with E-state index >= 15 is 4.39 Å². The molecule has 4 aromatic heterocycles. The summed E-state index contributed by atoms with van der Waals surface area (Å²) in [5.74, 6) is -1.04. The van der Waals surface area contributed by atoms with Gasteiger partial charge in [-0.1, -0.05) is 24.5 Å². The first-order chi connectivity index (χ1) is 21.9. The van der Waals surface area contributed by atoms with Crippen LogP contribution in [0.25, 0.3) is 22.2 Å². The molecule has 24 heteroatoms. The first-order valence-electron chi connectivity index (χ1n) is 13.5. The van der Waals surface area contributed by atoms with Gasteiger partial charge < -0.3 is 35.1 Å². The van der Waals surface area contributed by atoms with Crippen LogP contribution >= 0.6 is 38.5 Å². The summed E-state index contributed by atoms with van der Waals surface area (Å²) in [4.78, 5) is 30.5. The van der Waals surface area contributed by atoms with Gasteiger partial charge >= 0.3 is 6.80 Å². The second-order valence-electron chi connectivity index (χ2n) is 10.3. The Balaban J connectivity index is 1.22. The number of aromatic amines is 1. The van der Waals surface area contributed by atoms with Crippen LogP contribution in [0.1, 0.15) is 25.3 Å². The minimum atomic E-state index is -4.45. The van der Waals surface area contributed by atoms with Gasteiger partial charge in [0, 0.05) is 19.2 Å². The van der Waals surface area contributed by atoms with E-state index in [0.29, 0.717) is 0 Å². The van der Waals surface area contributed by atoms with Crippen LogP contribution in [0, 0.1) is 5.82 Å². The second-order valence-corrected chi connectivity index (χ2v) is 15.0. The Hall–Kier alpha value is -2.65. The van der Waals surface area contributed by atoms with Gasteiger partial charge in [-0.2, -0.15) is 4.98 Å². The molecule has 2 saturated heterocycles. The fraction of sp³-hybridized carbons (Fsp3) is 0.500. The van der Waals surface area contributed by atoms with Crippen molar-refractivity contribution in [3.8, 4) is 0 Å². The van der Waals surface area contributed by atoms with Gasteiger partial charge in [0.1, 0.15) is 30.6 Å². The fourth-order valence-corrected chi connectivity index (χ4v) is 7.79. The van der Waals surface area contributed by atoms with E-state index in [1.54, 1.807) is 0 Å². The summed E-state index contributed by atoms with van der Waals surface area (Å²) in [6.07, 6.45) is -5.88. The highest BCUT2D eigenvalue weighted by molar-refractivity contribution is 8.44. The number of H-pyrrole nitrogens is 1. The maximum Gasteiger partial charge on any atom is 0.386 e. The van der Waals surface area contributed by atoms with Crippen LogP contribution in [-0.2, 0) is 32.2 Å². The molecule has 6 N–H and O–H groups in total. The number of nitrogens with one attached hydrogen (secondary N) is 1. The largest absolute Gasteiger partial charge is 0.396 e. The summed E-state index contributed by atoms with van der Waals surface area (Å²) in [7, 11) is -2.82. The standard InChI is InChI=1S/C22H27F2N9O9P2S2/c23-8-4-32(18-13(8)17(25)27-6-28-18)12-3-10(41-43(36)45)11(39-12)5-38-44(37,46)42-16-14(24)9(1-2-34)40-21(16)33-7-29-15-19(33)30-22(26)31-20(15)35/h4,6-7,9-12,14,16,21,34,43H,1-3,5H2,(H,36,45)(H,37,46)(H2,25,27,28)(H3,26,30,31,35)/t9-,10+,11-,12-,14-,16-,21-,44?/m1/s1. The number of rotatable bonds is 11. The van der Waals surface area contributed by atoms with Gasteiger partial charge in [-0.3, -0.25) is 28.0 Å². The molecule has 46 heavy (non-hydrogen) atoms. The Kier molecular flexibility index (Phi) is 9.47. The highest BCUT2D eigenvalue weighted by atomic mass is 32.7. The van der Waals surface area contributed by atoms with Crippen molar-refractivity contribution in [1.29, 1.82) is 0 Å². The fourth-order valence-electron chi connectivity index (χ4n) is 5.43. The van der Waals surface area contributed by atoms with Gasteiger partial charge in [0.25, 0.3) is 5.56 Å². The van der Waals surface area contributed by atoms with Crippen molar-refractivity contribution < 1.29 is 46.1 Å². The van der Waals surface area contributed by atoms with E-state index in [1.165, 1.54) is 9.13 Å². The molecule has 0 radical (unpaired) electrons. The molecule has 4 aromatic rings. The third-order valence-corrected chi connectivity index (χ3v) is 9.83. The molecule has 9 atom stereocenters. The van der Waals surface area contributed by atoms with E-state index in [2.05, 4.69) is 49.4 Å². The lowest BCUT2D eigenvalue weighted by Gasteiger charge is -2.25. The number of aliphatic hydroxyl groups is 1. The molecular formula is C22H27F2N9O9P2S2. The summed E-state index contributed by atoms with van der Waals surface area (Å²) in [5.41, 5.74) is 10.7. The minimum absolute atomic E-state index is 0.0206. The molecule has 2 unspecified atom stereocenters. The third kappa shape index (κ3) is 6.43. The van der Waals surface area contributed by atoms with Gasteiger partial charge in [-0.25, -0.2) is 28.3 Å². The van der Waals surface area contributed by atoms with E-state index in [9.17, 15) is 23.4 Å². The van der Waals surface area contributed by atoms with Crippen molar-refractivity contribution in [3.63, 3.8) is 0 Å². The second kappa shape index (κ2) is 13.1. The number of nitrogens with zero attached hydrogens (tertiary/aromatic N) is 6. The number of thiol groups is 2. The Bertz CT molecular complexity index is 1900. The third-order valence-electron chi connectivity index (χ3n) is 7.39. The van der Waals surface area contributed by atoms with Gasteiger partial charge in [0.05, 0.1) is 30.5 Å². The Morgan fingerprint density at radius 1 is 1.22 bits per heavy atom. The zero-order valence-electron chi connectivity index (χ0n) is 23.3. The molecule has 0 spiro atoms. The first-order valence-corrected chi connectivity index (χ1v) is 18.8. The average Bonchev–Trinajstić information content (AvgIpc) is 3.73. The molecule has 0 aromatic carbocycles. The minimum Gasteiger partial charge on any atom is -0.396 e. The van der Waals surface area contributed by atoms with Crippen molar-refractivity contribution in [2.24, 2.45) is 0 Å². The number of anilines is 2. The molecule has 0 bridgehead atoms. The van der Waals surface area contributed by atoms with E-state index in [0.717, 1.165) is 18.9 Å². The number of halogens is 2. The maximum atomic E-state index is 15.7. The number of aromatic nitrogens is 7. The zero-order valence-corrected chi connectivity index (χ0v) is 26.9. The summed E-state index contributed by atoms with van der Waals surface area (Å²) in [6.45, 7) is -5.42. The number of alkyl halides is 1. The summed E-state index contributed by atoms with van der Waals surface area (Å²) >= 11 is 7.86. The van der Waals surface area contributed by atoms with Gasteiger partial charge in [0.15, 0.2) is 35.0 Å². The number of nitrogen functional groups attached to an aromatic ring is 2. The van der Waals surface area contributed by atoms with Crippen LogP contribution in [0.15, 0.2) is 23.6 Å². The van der Waals surface area contributed by atoms with Crippen molar-refractivity contribution in [2.75, 3.05) is 24.7 Å².